The third kappa shape index (κ3) is 2.15. The van der Waals surface area contributed by atoms with Gasteiger partial charge in [-0.2, -0.15) is 8.78 Å². The third-order valence-electron chi connectivity index (χ3n) is 1.87. The molecule has 0 saturated heterocycles. The molecule has 0 bridgehead atoms. The monoisotopic (exact) mass is 229 g/mol. The average molecular weight is 230 g/mol. The van der Waals surface area contributed by atoms with Crippen LogP contribution in [-0.4, -0.2) is 11.6 Å². The molecule has 0 aliphatic heterocycles. The Bertz CT molecular complexity index is 490. The predicted octanol–water partition coefficient (Wildman–Crippen LogP) is 3.49. The first-order valence-corrected chi connectivity index (χ1v) is 4.54. The van der Waals surface area contributed by atoms with E-state index in [0.29, 0.717) is 5.52 Å². The van der Waals surface area contributed by atoms with Crippen LogP contribution in [0.2, 0.25) is 5.02 Å². The maximum Gasteiger partial charge on any atom is 0.387 e. The molecule has 0 amide bonds. The molecular weight excluding hydrogens is 224 g/mol. The van der Waals surface area contributed by atoms with Gasteiger partial charge in [-0.15, -0.1) is 0 Å². The van der Waals surface area contributed by atoms with Crippen LogP contribution in [-0.2, 0) is 0 Å². The normalized spacial score (nSPS) is 10.9. The van der Waals surface area contributed by atoms with Crippen molar-refractivity contribution < 1.29 is 13.5 Å². The fraction of sp³-hybridized carbons (Fsp3) is 0.100. The first kappa shape index (κ1) is 10.1. The fourth-order valence-electron chi connectivity index (χ4n) is 1.26. The topological polar surface area (TPSA) is 22.1 Å². The van der Waals surface area contributed by atoms with Gasteiger partial charge in [0, 0.05) is 17.6 Å². The lowest BCUT2D eigenvalue weighted by atomic mass is 10.2. The summed E-state index contributed by atoms with van der Waals surface area (Å²) in [6.45, 7) is -2.89. The van der Waals surface area contributed by atoms with Crippen molar-refractivity contribution in [1.29, 1.82) is 0 Å². The summed E-state index contributed by atoms with van der Waals surface area (Å²) in [5, 5.41) is 0.930. The van der Waals surface area contributed by atoms with Crippen molar-refractivity contribution in [1.82, 2.24) is 4.98 Å². The van der Waals surface area contributed by atoms with Crippen molar-refractivity contribution in [3.8, 4) is 5.75 Å². The van der Waals surface area contributed by atoms with Gasteiger partial charge in [0.05, 0.1) is 10.5 Å². The first-order valence-electron chi connectivity index (χ1n) is 4.16. The molecule has 1 heterocycles. The van der Waals surface area contributed by atoms with Gasteiger partial charge in [0.25, 0.3) is 0 Å². The average Bonchev–Trinajstić information content (AvgIpc) is 2.18. The molecule has 78 valence electrons. The summed E-state index contributed by atoms with van der Waals surface area (Å²) >= 11 is 5.76. The molecule has 0 saturated carbocycles. The van der Waals surface area contributed by atoms with E-state index in [1.807, 2.05) is 0 Å². The molecule has 1 aromatic carbocycles. The van der Waals surface area contributed by atoms with Crippen LogP contribution in [0.1, 0.15) is 0 Å². The Labute approximate surface area is 89.4 Å². The molecule has 2 nitrogen and oxygen atoms in total. The minimum absolute atomic E-state index is 0.0575. The molecule has 0 aliphatic carbocycles. The SMILES string of the molecule is FC(F)Oc1cc2ncccc2cc1Cl. The number of alkyl halides is 2. The van der Waals surface area contributed by atoms with Crippen LogP contribution in [0.4, 0.5) is 8.78 Å². The highest BCUT2D eigenvalue weighted by atomic mass is 35.5. The number of hydrogen-bond donors (Lipinski definition) is 0. The smallest absolute Gasteiger partial charge is 0.387 e. The zero-order chi connectivity index (χ0) is 10.8. The Balaban J connectivity index is 2.52. The van der Waals surface area contributed by atoms with Crippen molar-refractivity contribution in [2.45, 2.75) is 6.61 Å². The number of rotatable bonds is 2. The fourth-order valence-corrected chi connectivity index (χ4v) is 1.48. The maximum absolute atomic E-state index is 12.0. The molecular formula is C10H6ClF2NO. The molecule has 15 heavy (non-hydrogen) atoms. The van der Waals surface area contributed by atoms with E-state index >= 15 is 0 Å². The predicted molar refractivity (Wildman–Crippen MR) is 53.4 cm³/mol. The zero-order valence-corrected chi connectivity index (χ0v) is 8.21. The molecule has 0 fully saturated rings. The number of benzene rings is 1. The standard InChI is InChI=1S/C10H6ClF2NO/c11-7-4-6-2-1-3-14-8(6)5-9(7)15-10(12)13/h1-5,10H. The number of ether oxygens (including phenoxy) is 1. The summed E-state index contributed by atoms with van der Waals surface area (Å²) in [6, 6.07) is 6.47. The second-order valence-corrected chi connectivity index (χ2v) is 3.26. The van der Waals surface area contributed by atoms with Gasteiger partial charge in [-0.3, -0.25) is 4.98 Å². The second-order valence-electron chi connectivity index (χ2n) is 2.86. The molecule has 0 unspecified atom stereocenters. The molecule has 0 radical (unpaired) electrons. The zero-order valence-electron chi connectivity index (χ0n) is 7.45. The molecule has 2 aromatic rings. The number of halogens is 3. The van der Waals surface area contributed by atoms with Crippen LogP contribution in [0, 0.1) is 0 Å². The number of aromatic nitrogens is 1. The molecule has 2 rings (SSSR count). The van der Waals surface area contributed by atoms with Gasteiger partial charge in [0.1, 0.15) is 5.75 Å². The summed E-state index contributed by atoms with van der Waals surface area (Å²) in [5.41, 5.74) is 0.567. The van der Waals surface area contributed by atoms with Gasteiger partial charge in [-0.1, -0.05) is 17.7 Å². The summed E-state index contributed by atoms with van der Waals surface area (Å²) < 4.78 is 28.2. The highest BCUT2D eigenvalue weighted by Crippen LogP contribution is 2.30. The van der Waals surface area contributed by atoms with Gasteiger partial charge in [0.2, 0.25) is 0 Å². The minimum atomic E-state index is -2.89. The Morgan fingerprint density at radius 1 is 1.33 bits per heavy atom. The van der Waals surface area contributed by atoms with Crippen LogP contribution in [0.5, 0.6) is 5.75 Å². The molecule has 5 heteroatoms. The van der Waals surface area contributed by atoms with E-state index in [1.165, 1.54) is 6.07 Å². The lowest BCUT2D eigenvalue weighted by Gasteiger charge is -2.07. The third-order valence-corrected chi connectivity index (χ3v) is 2.17. The highest BCUT2D eigenvalue weighted by Gasteiger charge is 2.09. The number of pyridine rings is 1. The minimum Gasteiger partial charge on any atom is -0.433 e. The molecule has 0 N–H and O–H groups in total. The quantitative estimate of drug-likeness (QED) is 0.787. The van der Waals surface area contributed by atoms with Crippen molar-refractivity contribution in [2.24, 2.45) is 0 Å². The summed E-state index contributed by atoms with van der Waals surface area (Å²) in [6.07, 6.45) is 1.57. The first-order chi connectivity index (χ1) is 7.16. The van der Waals surface area contributed by atoms with Crippen LogP contribution in [0.3, 0.4) is 0 Å². The molecule has 0 aliphatic rings. The Kier molecular flexibility index (Phi) is 2.68. The van der Waals surface area contributed by atoms with Gasteiger partial charge < -0.3 is 4.74 Å². The van der Waals surface area contributed by atoms with E-state index in [4.69, 9.17) is 11.6 Å². The van der Waals surface area contributed by atoms with Crippen molar-refractivity contribution in [3.05, 3.63) is 35.5 Å². The van der Waals surface area contributed by atoms with Crippen LogP contribution in [0.25, 0.3) is 10.9 Å². The van der Waals surface area contributed by atoms with Gasteiger partial charge in [-0.25, -0.2) is 0 Å². The van der Waals surface area contributed by atoms with Crippen molar-refractivity contribution >= 4 is 22.5 Å². The number of hydrogen-bond acceptors (Lipinski definition) is 2. The Morgan fingerprint density at radius 3 is 2.87 bits per heavy atom. The summed E-state index contributed by atoms with van der Waals surface area (Å²) in [4.78, 5) is 4.01. The van der Waals surface area contributed by atoms with Crippen LogP contribution < -0.4 is 4.74 Å². The van der Waals surface area contributed by atoms with E-state index in [1.54, 1.807) is 24.4 Å². The molecule has 0 spiro atoms. The van der Waals surface area contributed by atoms with E-state index in [-0.39, 0.29) is 10.8 Å². The van der Waals surface area contributed by atoms with E-state index in [9.17, 15) is 8.78 Å². The Hall–Kier alpha value is -1.42. The van der Waals surface area contributed by atoms with E-state index in [0.717, 1.165) is 5.39 Å². The lowest BCUT2D eigenvalue weighted by Crippen LogP contribution is -2.02. The van der Waals surface area contributed by atoms with Crippen molar-refractivity contribution in [2.75, 3.05) is 0 Å². The maximum atomic E-state index is 12.0. The summed E-state index contributed by atoms with van der Waals surface area (Å²) in [7, 11) is 0. The number of fused-ring (bicyclic) bond motifs is 1. The van der Waals surface area contributed by atoms with Gasteiger partial charge >= 0.3 is 6.61 Å². The van der Waals surface area contributed by atoms with Crippen LogP contribution in [0.15, 0.2) is 30.5 Å². The van der Waals surface area contributed by atoms with Gasteiger partial charge in [0.15, 0.2) is 0 Å². The Morgan fingerprint density at radius 2 is 2.13 bits per heavy atom. The summed E-state index contributed by atoms with van der Waals surface area (Å²) in [5.74, 6) is -0.0575. The lowest BCUT2D eigenvalue weighted by molar-refractivity contribution is -0.0496. The second kappa shape index (κ2) is 3.98. The highest BCUT2D eigenvalue weighted by molar-refractivity contribution is 6.32. The van der Waals surface area contributed by atoms with Crippen LogP contribution >= 0.6 is 11.6 Å². The van der Waals surface area contributed by atoms with Crippen molar-refractivity contribution in [3.63, 3.8) is 0 Å². The van der Waals surface area contributed by atoms with E-state index < -0.39 is 6.61 Å². The van der Waals surface area contributed by atoms with Gasteiger partial charge in [-0.05, 0) is 12.1 Å². The molecule has 0 atom stereocenters. The molecule has 1 aromatic heterocycles. The van der Waals surface area contributed by atoms with E-state index in [2.05, 4.69) is 9.72 Å². The number of nitrogens with zero attached hydrogens (tertiary/aromatic N) is 1. The largest absolute Gasteiger partial charge is 0.433 e.